The van der Waals surface area contributed by atoms with Gasteiger partial charge in [-0.2, -0.15) is 0 Å². The van der Waals surface area contributed by atoms with E-state index in [0.29, 0.717) is 17.2 Å². The monoisotopic (exact) mass is 293 g/mol. The number of hydrogen-bond donors (Lipinski definition) is 1. The highest BCUT2D eigenvalue weighted by molar-refractivity contribution is 7.10. The van der Waals surface area contributed by atoms with Gasteiger partial charge in [-0.1, -0.05) is 0 Å². The Morgan fingerprint density at radius 2 is 1.55 bits per heavy atom. The lowest BCUT2D eigenvalue weighted by molar-refractivity contribution is 0.347. The van der Waals surface area contributed by atoms with Crippen molar-refractivity contribution in [1.29, 1.82) is 0 Å². The average molecular weight is 293 g/mol. The van der Waals surface area contributed by atoms with E-state index < -0.39 is 0 Å². The van der Waals surface area contributed by atoms with Crippen LogP contribution in [0.1, 0.15) is 22.0 Å². The van der Waals surface area contributed by atoms with E-state index in [-0.39, 0.29) is 6.04 Å². The first-order valence-corrected chi connectivity index (χ1v) is 7.09. The van der Waals surface area contributed by atoms with Crippen LogP contribution >= 0.6 is 11.3 Å². The van der Waals surface area contributed by atoms with Gasteiger partial charge in [-0.3, -0.25) is 0 Å². The second-order valence-corrected chi connectivity index (χ2v) is 5.48. The Labute approximate surface area is 123 Å². The first-order chi connectivity index (χ1) is 9.62. The average Bonchev–Trinajstić information content (AvgIpc) is 2.91. The third-order valence-corrected chi connectivity index (χ3v) is 4.17. The van der Waals surface area contributed by atoms with E-state index in [0.717, 1.165) is 11.1 Å². The normalized spacial score (nSPS) is 12.1. The third kappa shape index (κ3) is 2.59. The standard InChI is InChI=1S/C15H19NO3S/c1-9-10(5-6-20-9)15(16)11-7-13(18-3)14(19-4)8-12(11)17-2/h5-8,15H,16H2,1-4H3. The fourth-order valence-corrected chi connectivity index (χ4v) is 2.93. The number of benzene rings is 1. The lowest BCUT2D eigenvalue weighted by atomic mass is 9.99. The maximum Gasteiger partial charge on any atom is 0.164 e. The van der Waals surface area contributed by atoms with E-state index >= 15 is 0 Å². The Kier molecular flexibility index (Phi) is 4.52. The van der Waals surface area contributed by atoms with Crippen molar-refractivity contribution in [2.24, 2.45) is 5.73 Å². The lowest BCUT2D eigenvalue weighted by Crippen LogP contribution is -2.13. The van der Waals surface area contributed by atoms with Crippen LogP contribution in [0.4, 0.5) is 0 Å². The van der Waals surface area contributed by atoms with Gasteiger partial charge < -0.3 is 19.9 Å². The maximum absolute atomic E-state index is 6.38. The molecule has 0 bridgehead atoms. The zero-order valence-corrected chi connectivity index (χ0v) is 12.9. The molecule has 1 atom stereocenters. The van der Waals surface area contributed by atoms with E-state index in [2.05, 4.69) is 6.92 Å². The summed E-state index contributed by atoms with van der Waals surface area (Å²) in [5, 5.41) is 2.04. The van der Waals surface area contributed by atoms with Gasteiger partial charge in [-0.15, -0.1) is 11.3 Å². The van der Waals surface area contributed by atoms with Crippen LogP contribution in [0.3, 0.4) is 0 Å². The minimum Gasteiger partial charge on any atom is -0.496 e. The Morgan fingerprint density at radius 3 is 2.05 bits per heavy atom. The summed E-state index contributed by atoms with van der Waals surface area (Å²) in [7, 11) is 4.83. The summed E-state index contributed by atoms with van der Waals surface area (Å²) >= 11 is 1.68. The zero-order chi connectivity index (χ0) is 14.7. The molecule has 2 N–H and O–H groups in total. The minimum atomic E-state index is -0.254. The van der Waals surface area contributed by atoms with Crippen molar-refractivity contribution in [3.8, 4) is 17.2 Å². The first kappa shape index (κ1) is 14.7. The summed E-state index contributed by atoms with van der Waals surface area (Å²) < 4.78 is 16.1. The first-order valence-electron chi connectivity index (χ1n) is 6.21. The highest BCUT2D eigenvalue weighted by Gasteiger charge is 2.20. The summed E-state index contributed by atoms with van der Waals surface area (Å²) in [6, 6.07) is 5.46. The molecule has 0 spiro atoms. The Balaban J connectivity index is 2.52. The molecule has 1 aromatic heterocycles. The maximum atomic E-state index is 6.38. The SMILES string of the molecule is COc1cc(OC)c(C(N)c2ccsc2C)cc1OC. The molecule has 0 saturated carbocycles. The number of thiophene rings is 1. The van der Waals surface area contributed by atoms with Crippen LogP contribution in [0.25, 0.3) is 0 Å². The molecule has 5 heteroatoms. The van der Waals surface area contributed by atoms with Gasteiger partial charge in [0, 0.05) is 16.5 Å². The smallest absolute Gasteiger partial charge is 0.164 e. The fourth-order valence-electron chi connectivity index (χ4n) is 2.18. The lowest BCUT2D eigenvalue weighted by Gasteiger charge is -2.18. The third-order valence-electron chi connectivity index (χ3n) is 3.30. The molecule has 0 amide bonds. The van der Waals surface area contributed by atoms with Crippen LogP contribution in [0, 0.1) is 6.92 Å². The summed E-state index contributed by atoms with van der Waals surface area (Å²) in [6.45, 7) is 2.06. The molecule has 0 aliphatic heterocycles. The van der Waals surface area contributed by atoms with E-state index in [1.807, 2.05) is 17.5 Å². The second-order valence-electron chi connectivity index (χ2n) is 4.36. The van der Waals surface area contributed by atoms with Crippen LogP contribution in [-0.4, -0.2) is 21.3 Å². The van der Waals surface area contributed by atoms with Gasteiger partial charge in [0.05, 0.1) is 27.4 Å². The Hall–Kier alpha value is -1.72. The summed E-state index contributed by atoms with van der Waals surface area (Å²) in [4.78, 5) is 1.20. The van der Waals surface area contributed by atoms with Crippen LogP contribution in [0.15, 0.2) is 23.6 Å². The molecule has 0 radical (unpaired) electrons. The van der Waals surface area contributed by atoms with E-state index in [1.54, 1.807) is 38.7 Å². The van der Waals surface area contributed by atoms with Gasteiger partial charge in [0.2, 0.25) is 0 Å². The summed E-state index contributed by atoms with van der Waals surface area (Å²) in [5.41, 5.74) is 8.36. The highest BCUT2D eigenvalue weighted by atomic mass is 32.1. The number of aryl methyl sites for hydroxylation is 1. The number of hydrogen-bond acceptors (Lipinski definition) is 5. The predicted molar refractivity (Wildman–Crippen MR) is 81.2 cm³/mol. The number of ether oxygens (including phenoxy) is 3. The molecule has 0 saturated heterocycles. The van der Waals surface area contributed by atoms with Crippen molar-refractivity contribution in [1.82, 2.24) is 0 Å². The van der Waals surface area contributed by atoms with Crippen molar-refractivity contribution in [3.05, 3.63) is 39.6 Å². The van der Waals surface area contributed by atoms with Gasteiger partial charge >= 0.3 is 0 Å². The number of methoxy groups -OCH3 is 3. The van der Waals surface area contributed by atoms with Gasteiger partial charge in [0.25, 0.3) is 0 Å². The topological polar surface area (TPSA) is 53.7 Å². The minimum absolute atomic E-state index is 0.254. The van der Waals surface area contributed by atoms with Crippen molar-refractivity contribution in [2.75, 3.05) is 21.3 Å². The molecular formula is C15H19NO3S. The second kappa shape index (κ2) is 6.15. The quantitative estimate of drug-likeness (QED) is 0.920. The molecule has 20 heavy (non-hydrogen) atoms. The fraction of sp³-hybridized carbons (Fsp3) is 0.333. The summed E-state index contributed by atoms with van der Waals surface area (Å²) in [5.74, 6) is 1.97. The van der Waals surface area contributed by atoms with Gasteiger partial charge in [-0.25, -0.2) is 0 Å². The molecule has 108 valence electrons. The van der Waals surface area contributed by atoms with Gasteiger partial charge in [0.1, 0.15) is 5.75 Å². The van der Waals surface area contributed by atoms with E-state index in [1.165, 1.54) is 4.88 Å². The summed E-state index contributed by atoms with van der Waals surface area (Å²) in [6.07, 6.45) is 0. The van der Waals surface area contributed by atoms with Crippen molar-refractivity contribution >= 4 is 11.3 Å². The molecule has 1 aromatic carbocycles. The molecule has 1 unspecified atom stereocenters. The van der Waals surface area contributed by atoms with E-state index in [4.69, 9.17) is 19.9 Å². The molecule has 2 rings (SSSR count). The molecule has 0 fully saturated rings. The molecule has 1 heterocycles. The van der Waals surface area contributed by atoms with Crippen molar-refractivity contribution in [3.63, 3.8) is 0 Å². The largest absolute Gasteiger partial charge is 0.496 e. The van der Waals surface area contributed by atoms with Crippen molar-refractivity contribution in [2.45, 2.75) is 13.0 Å². The number of nitrogens with two attached hydrogens (primary N) is 1. The molecular weight excluding hydrogens is 274 g/mol. The molecule has 2 aromatic rings. The van der Waals surface area contributed by atoms with Crippen LogP contribution in [0.5, 0.6) is 17.2 Å². The van der Waals surface area contributed by atoms with Crippen LogP contribution in [0.2, 0.25) is 0 Å². The van der Waals surface area contributed by atoms with E-state index in [9.17, 15) is 0 Å². The van der Waals surface area contributed by atoms with Crippen LogP contribution in [-0.2, 0) is 0 Å². The molecule has 0 aliphatic carbocycles. The Bertz CT molecular complexity index is 595. The Morgan fingerprint density at radius 1 is 0.950 bits per heavy atom. The highest BCUT2D eigenvalue weighted by Crippen LogP contribution is 2.39. The van der Waals surface area contributed by atoms with Gasteiger partial charge in [0.15, 0.2) is 11.5 Å². The molecule has 0 aliphatic rings. The molecule has 4 nitrogen and oxygen atoms in total. The van der Waals surface area contributed by atoms with Gasteiger partial charge in [-0.05, 0) is 30.0 Å². The van der Waals surface area contributed by atoms with Crippen molar-refractivity contribution < 1.29 is 14.2 Å². The predicted octanol–water partition coefficient (Wildman–Crippen LogP) is 3.13. The zero-order valence-electron chi connectivity index (χ0n) is 12.1. The number of rotatable bonds is 5. The van der Waals surface area contributed by atoms with Crippen LogP contribution < -0.4 is 19.9 Å².